The van der Waals surface area contributed by atoms with Gasteiger partial charge < -0.3 is 9.53 Å². The van der Waals surface area contributed by atoms with Crippen LogP contribution in [0, 0.1) is 0 Å². The average Bonchev–Trinajstić information content (AvgIpc) is 2.24. The Morgan fingerprint density at radius 1 is 1.53 bits per heavy atom. The van der Waals surface area contributed by atoms with Crippen LogP contribution in [0.2, 0.25) is 0 Å². The number of hydrogen-bond donors (Lipinski definition) is 2. The molecular formula is C10H13N3O4. The van der Waals surface area contributed by atoms with E-state index in [0.29, 0.717) is 12.8 Å². The second-order valence-electron chi connectivity index (χ2n) is 3.36. The Bertz CT molecular complexity index is 455. The maximum atomic E-state index is 11.2. The maximum Gasteiger partial charge on any atom is 0.412 e. The van der Waals surface area contributed by atoms with Gasteiger partial charge in [0, 0.05) is 12.6 Å². The number of carbonyl (C=O) groups is 2. The van der Waals surface area contributed by atoms with Gasteiger partial charge in [0.15, 0.2) is 0 Å². The zero-order valence-electron chi connectivity index (χ0n) is 9.36. The number of rotatable bonds is 5. The molecule has 1 amide bonds. The number of aromatic amines is 1. The Hall–Kier alpha value is -2.18. The summed E-state index contributed by atoms with van der Waals surface area (Å²) in [6.07, 6.45) is 1.44. The lowest BCUT2D eigenvalue weighted by atomic mass is 10.2. The van der Waals surface area contributed by atoms with Crippen LogP contribution in [0.4, 0.5) is 10.6 Å². The predicted molar refractivity (Wildman–Crippen MR) is 59.7 cm³/mol. The van der Waals surface area contributed by atoms with Crippen LogP contribution in [0.1, 0.15) is 19.8 Å². The third kappa shape index (κ3) is 5.45. The van der Waals surface area contributed by atoms with Crippen LogP contribution in [-0.2, 0) is 9.53 Å². The summed E-state index contributed by atoms with van der Waals surface area (Å²) in [5.74, 6) is 0.258. The molecule has 0 fully saturated rings. The van der Waals surface area contributed by atoms with Crippen molar-refractivity contribution in [1.82, 2.24) is 9.97 Å². The number of ketones is 1. The summed E-state index contributed by atoms with van der Waals surface area (Å²) in [6, 6.07) is 1.43. The molecule has 7 nitrogen and oxygen atoms in total. The monoisotopic (exact) mass is 239 g/mol. The summed E-state index contributed by atoms with van der Waals surface area (Å²) in [4.78, 5) is 38.3. The van der Waals surface area contributed by atoms with E-state index in [1.807, 2.05) is 0 Å². The van der Waals surface area contributed by atoms with Gasteiger partial charge >= 0.3 is 11.8 Å². The molecule has 1 heterocycles. The van der Waals surface area contributed by atoms with Crippen molar-refractivity contribution in [2.75, 3.05) is 11.9 Å². The van der Waals surface area contributed by atoms with E-state index in [9.17, 15) is 14.4 Å². The normalized spacial score (nSPS) is 9.71. The van der Waals surface area contributed by atoms with Gasteiger partial charge in [0.25, 0.3) is 0 Å². The van der Waals surface area contributed by atoms with Crippen molar-refractivity contribution in [1.29, 1.82) is 0 Å². The van der Waals surface area contributed by atoms with Gasteiger partial charge in [0.1, 0.15) is 11.6 Å². The number of nitrogens with zero attached hydrogens (tertiary/aromatic N) is 1. The number of amides is 1. The molecule has 0 bridgehead atoms. The molecule has 1 aromatic heterocycles. The van der Waals surface area contributed by atoms with Crippen LogP contribution in [0.5, 0.6) is 0 Å². The molecule has 0 radical (unpaired) electrons. The molecule has 1 rings (SSSR count). The summed E-state index contributed by atoms with van der Waals surface area (Å²) in [5, 5.41) is 2.33. The summed E-state index contributed by atoms with van der Waals surface area (Å²) >= 11 is 0. The van der Waals surface area contributed by atoms with E-state index < -0.39 is 11.8 Å². The first-order chi connectivity index (χ1) is 8.08. The molecule has 0 atom stereocenters. The lowest BCUT2D eigenvalue weighted by Crippen LogP contribution is -2.19. The average molecular weight is 239 g/mol. The van der Waals surface area contributed by atoms with Gasteiger partial charge in [0.2, 0.25) is 0 Å². The minimum atomic E-state index is -0.685. The molecule has 17 heavy (non-hydrogen) atoms. The van der Waals surface area contributed by atoms with E-state index >= 15 is 0 Å². The molecule has 0 saturated carbocycles. The minimum Gasteiger partial charge on any atom is -0.449 e. The first kappa shape index (κ1) is 12.9. The number of hydrogen-bond acceptors (Lipinski definition) is 5. The predicted octanol–water partition coefficient (Wildman–Crippen LogP) is 0.688. The molecule has 0 saturated heterocycles. The molecule has 0 aliphatic carbocycles. The molecular weight excluding hydrogens is 226 g/mol. The second-order valence-corrected chi connectivity index (χ2v) is 3.36. The summed E-state index contributed by atoms with van der Waals surface area (Å²) < 4.78 is 4.79. The Labute approximate surface area is 97.2 Å². The number of nitrogens with one attached hydrogen (secondary N) is 2. The Morgan fingerprint density at radius 3 is 2.94 bits per heavy atom. The molecule has 0 spiro atoms. The fourth-order valence-corrected chi connectivity index (χ4v) is 1.07. The van der Waals surface area contributed by atoms with Crippen LogP contribution in [-0.4, -0.2) is 28.5 Å². The van der Waals surface area contributed by atoms with Crippen molar-refractivity contribution in [3.63, 3.8) is 0 Å². The van der Waals surface area contributed by atoms with E-state index in [2.05, 4.69) is 15.3 Å². The lowest BCUT2D eigenvalue weighted by Gasteiger charge is -2.05. The smallest absolute Gasteiger partial charge is 0.412 e. The number of ether oxygens (including phenoxy) is 1. The minimum absolute atomic E-state index is 0.0486. The molecule has 2 N–H and O–H groups in total. The Balaban J connectivity index is 2.30. The molecule has 92 valence electrons. The SMILES string of the molecule is CC(=O)CCCOC(=O)Nc1ccnc(=O)[nH]1. The van der Waals surface area contributed by atoms with E-state index in [-0.39, 0.29) is 18.2 Å². The molecule has 0 aliphatic heterocycles. The number of aromatic nitrogens is 2. The molecule has 0 aromatic carbocycles. The maximum absolute atomic E-state index is 11.2. The van der Waals surface area contributed by atoms with Gasteiger partial charge in [-0.1, -0.05) is 0 Å². The quantitative estimate of drug-likeness (QED) is 0.736. The van der Waals surface area contributed by atoms with E-state index in [1.54, 1.807) is 0 Å². The van der Waals surface area contributed by atoms with Crippen LogP contribution >= 0.6 is 0 Å². The van der Waals surface area contributed by atoms with Gasteiger partial charge in [0.05, 0.1) is 6.61 Å². The Kier molecular flexibility index (Phi) is 4.86. The van der Waals surface area contributed by atoms with Crippen molar-refractivity contribution in [2.24, 2.45) is 0 Å². The summed E-state index contributed by atoms with van der Waals surface area (Å²) in [5.41, 5.74) is -0.556. The van der Waals surface area contributed by atoms with Gasteiger partial charge in [-0.25, -0.2) is 14.6 Å². The standard InChI is InChI=1S/C10H13N3O4/c1-7(14)3-2-6-17-10(16)13-8-4-5-11-9(15)12-8/h4-5H,2-3,6H2,1H3,(H2,11,12,13,15,16). The zero-order valence-corrected chi connectivity index (χ0v) is 9.36. The molecule has 1 aromatic rings. The first-order valence-electron chi connectivity index (χ1n) is 5.06. The summed E-state index contributed by atoms with van der Waals surface area (Å²) in [6.45, 7) is 1.63. The molecule has 0 unspecified atom stereocenters. The number of Topliss-reactive ketones (excluding diaryl/α,β-unsaturated/α-hetero) is 1. The fourth-order valence-electron chi connectivity index (χ4n) is 1.07. The van der Waals surface area contributed by atoms with Gasteiger partial charge in [-0.05, 0) is 19.4 Å². The zero-order chi connectivity index (χ0) is 12.7. The fraction of sp³-hybridized carbons (Fsp3) is 0.400. The third-order valence-electron chi connectivity index (χ3n) is 1.82. The lowest BCUT2D eigenvalue weighted by molar-refractivity contribution is -0.117. The van der Waals surface area contributed by atoms with Crippen LogP contribution in [0.25, 0.3) is 0 Å². The van der Waals surface area contributed by atoms with Gasteiger partial charge in [-0.15, -0.1) is 0 Å². The van der Waals surface area contributed by atoms with Gasteiger partial charge in [-0.3, -0.25) is 10.3 Å². The highest BCUT2D eigenvalue weighted by atomic mass is 16.5. The topological polar surface area (TPSA) is 101 Å². The van der Waals surface area contributed by atoms with E-state index in [4.69, 9.17) is 4.74 Å². The van der Waals surface area contributed by atoms with Crippen molar-refractivity contribution in [2.45, 2.75) is 19.8 Å². The molecule has 7 heteroatoms. The number of H-pyrrole nitrogens is 1. The van der Waals surface area contributed by atoms with Crippen LogP contribution < -0.4 is 11.0 Å². The van der Waals surface area contributed by atoms with Crippen LogP contribution in [0.15, 0.2) is 17.1 Å². The van der Waals surface area contributed by atoms with Crippen molar-refractivity contribution in [3.8, 4) is 0 Å². The number of carbonyl (C=O) groups excluding carboxylic acids is 2. The third-order valence-corrected chi connectivity index (χ3v) is 1.82. The Morgan fingerprint density at radius 2 is 2.29 bits per heavy atom. The molecule has 0 aliphatic rings. The van der Waals surface area contributed by atoms with Crippen molar-refractivity contribution in [3.05, 3.63) is 22.7 Å². The second kappa shape index (κ2) is 6.41. The highest BCUT2D eigenvalue weighted by molar-refractivity contribution is 5.83. The van der Waals surface area contributed by atoms with Gasteiger partial charge in [-0.2, -0.15) is 0 Å². The largest absolute Gasteiger partial charge is 0.449 e. The summed E-state index contributed by atoms with van der Waals surface area (Å²) in [7, 11) is 0. The highest BCUT2D eigenvalue weighted by Crippen LogP contribution is 1.98. The van der Waals surface area contributed by atoms with E-state index in [0.717, 1.165) is 0 Å². The highest BCUT2D eigenvalue weighted by Gasteiger charge is 2.03. The number of anilines is 1. The van der Waals surface area contributed by atoms with Crippen molar-refractivity contribution < 1.29 is 14.3 Å². The van der Waals surface area contributed by atoms with Crippen molar-refractivity contribution >= 4 is 17.7 Å². The first-order valence-corrected chi connectivity index (χ1v) is 5.06. The van der Waals surface area contributed by atoms with Crippen LogP contribution in [0.3, 0.4) is 0 Å². The van der Waals surface area contributed by atoms with E-state index in [1.165, 1.54) is 19.2 Å².